The molecule has 0 bridgehead atoms. The Balaban J connectivity index is 2.10. The van der Waals surface area contributed by atoms with E-state index in [4.69, 9.17) is 22.4 Å². The molecule has 27 heavy (non-hydrogen) atoms. The summed E-state index contributed by atoms with van der Waals surface area (Å²) in [5.74, 6) is -3.88. The molecule has 2 atom stereocenters. The third-order valence-corrected chi connectivity index (χ3v) is 4.89. The summed E-state index contributed by atoms with van der Waals surface area (Å²) in [5.41, 5.74) is 6.55. The molecule has 1 saturated heterocycles. The standard InChI is InChI=1S/C18H22ClF3N2O3/c19-14-4-2-12(3-5-14)9-17(23)6-1-7-24(11-17)16(27)13(8-15(25)26)10-18(20,21)22/h2-5,13H,1,6-11,23H2,(H,25,26). The van der Waals surface area contributed by atoms with E-state index in [2.05, 4.69) is 0 Å². The van der Waals surface area contributed by atoms with Crippen molar-refractivity contribution in [1.29, 1.82) is 0 Å². The first-order valence-electron chi connectivity index (χ1n) is 8.58. The van der Waals surface area contributed by atoms with Crippen molar-refractivity contribution in [2.45, 2.75) is 43.8 Å². The van der Waals surface area contributed by atoms with Crippen molar-refractivity contribution in [3.63, 3.8) is 0 Å². The van der Waals surface area contributed by atoms with Crippen molar-refractivity contribution in [2.75, 3.05) is 13.1 Å². The Labute approximate surface area is 160 Å². The van der Waals surface area contributed by atoms with Gasteiger partial charge in [-0.1, -0.05) is 23.7 Å². The Morgan fingerprint density at radius 3 is 2.48 bits per heavy atom. The van der Waals surface area contributed by atoms with E-state index in [-0.39, 0.29) is 13.1 Å². The molecule has 0 saturated carbocycles. The van der Waals surface area contributed by atoms with Gasteiger partial charge in [0.15, 0.2) is 0 Å². The van der Waals surface area contributed by atoms with Crippen LogP contribution in [0.15, 0.2) is 24.3 Å². The van der Waals surface area contributed by atoms with Gasteiger partial charge in [0, 0.05) is 23.7 Å². The minimum absolute atomic E-state index is 0.0857. The molecule has 0 radical (unpaired) electrons. The zero-order valence-corrected chi connectivity index (χ0v) is 15.4. The largest absolute Gasteiger partial charge is 0.481 e. The predicted molar refractivity (Wildman–Crippen MR) is 94.3 cm³/mol. The first-order valence-corrected chi connectivity index (χ1v) is 8.96. The molecule has 0 aliphatic carbocycles. The molecular formula is C18H22ClF3N2O3. The molecular weight excluding hydrogens is 385 g/mol. The minimum Gasteiger partial charge on any atom is -0.481 e. The number of hydrogen-bond acceptors (Lipinski definition) is 3. The summed E-state index contributed by atoms with van der Waals surface area (Å²) in [7, 11) is 0. The highest BCUT2D eigenvalue weighted by molar-refractivity contribution is 6.30. The van der Waals surface area contributed by atoms with Crippen LogP contribution < -0.4 is 5.73 Å². The minimum atomic E-state index is -4.62. The summed E-state index contributed by atoms with van der Waals surface area (Å²) in [5, 5.41) is 9.45. The molecule has 9 heteroatoms. The molecule has 0 aromatic heterocycles. The number of amides is 1. The van der Waals surface area contributed by atoms with Gasteiger partial charge in [0.1, 0.15) is 0 Å². The van der Waals surface area contributed by atoms with Gasteiger partial charge < -0.3 is 15.7 Å². The summed E-state index contributed by atoms with van der Waals surface area (Å²) in [6.07, 6.45) is -5.33. The van der Waals surface area contributed by atoms with E-state index >= 15 is 0 Å². The number of nitrogens with zero attached hydrogens (tertiary/aromatic N) is 1. The van der Waals surface area contributed by atoms with E-state index in [1.165, 1.54) is 4.90 Å². The fraction of sp³-hybridized carbons (Fsp3) is 0.556. The van der Waals surface area contributed by atoms with E-state index in [1.807, 2.05) is 12.1 Å². The summed E-state index contributed by atoms with van der Waals surface area (Å²) >= 11 is 5.86. The zero-order chi connectivity index (χ0) is 20.2. The van der Waals surface area contributed by atoms with E-state index in [0.717, 1.165) is 5.56 Å². The van der Waals surface area contributed by atoms with E-state index in [9.17, 15) is 22.8 Å². The van der Waals surface area contributed by atoms with Gasteiger partial charge in [0.2, 0.25) is 5.91 Å². The van der Waals surface area contributed by atoms with Gasteiger partial charge in [-0.05, 0) is 37.0 Å². The predicted octanol–water partition coefficient (Wildman–Crippen LogP) is 3.25. The Kier molecular flexibility index (Phi) is 6.75. The van der Waals surface area contributed by atoms with Crippen LogP contribution in [0.3, 0.4) is 0 Å². The monoisotopic (exact) mass is 406 g/mol. The first-order chi connectivity index (χ1) is 12.5. The fourth-order valence-corrected chi connectivity index (χ4v) is 3.62. The van der Waals surface area contributed by atoms with Crippen LogP contribution in [0, 0.1) is 5.92 Å². The normalized spacial score (nSPS) is 21.7. The number of halogens is 4. The van der Waals surface area contributed by atoms with Gasteiger partial charge in [-0.2, -0.15) is 13.2 Å². The van der Waals surface area contributed by atoms with Crippen molar-refractivity contribution in [3.05, 3.63) is 34.9 Å². The lowest BCUT2D eigenvalue weighted by molar-refractivity contribution is -0.164. The van der Waals surface area contributed by atoms with Gasteiger partial charge in [-0.15, -0.1) is 0 Å². The second kappa shape index (κ2) is 8.48. The van der Waals surface area contributed by atoms with Crippen LogP contribution in [0.2, 0.25) is 5.02 Å². The molecule has 1 aliphatic rings. The number of hydrogen-bond donors (Lipinski definition) is 2. The van der Waals surface area contributed by atoms with Crippen LogP contribution in [-0.4, -0.2) is 46.7 Å². The molecule has 1 aliphatic heterocycles. The highest BCUT2D eigenvalue weighted by Crippen LogP contribution is 2.30. The molecule has 2 unspecified atom stereocenters. The quantitative estimate of drug-likeness (QED) is 0.759. The summed E-state index contributed by atoms with van der Waals surface area (Å²) in [6, 6.07) is 7.07. The van der Waals surface area contributed by atoms with Crippen molar-refractivity contribution < 1.29 is 27.9 Å². The highest BCUT2D eigenvalue weighted by Gasteiger charge is 2.41. The molecule has 1 fully saturated rings. The Hall–Kier alpha value is -1.80. The summed E-state index contributed by atoms with van der Waals surface area (Å²) < 4.78 is 38.3. The van der Waals surface area contributed by atoms with Crippen molar-refractivity contribution in [1.82, 2.24) is 4.90 Å². The molecule has 3 N–H and O–H groups in total. The molecule has 0 spiro atoms. The van der Waals surface area contributed by atoms with Crippen LogP contribution in [0.4, 0.5) is 13.2 Å². The smallest absolute Gasteiger partial charge is 0.389 e. The van der Waals surface area contributed by atoms with Crippen molar-refractivity contribution >= 4 is 23.5 Å². The number of carboxylic acids is 1. The number of likely N-dealkylation sites (tertiary alicyclic amines) is 1. The number of benzene rings is 1. The number of nitrogens with two attached hydrogens (primary N) is 1. The van der Waals surface area contributed by atoms with Crippen molar-refractivity contribution in [3.8, 4) is 0 Å². The molecule has 5 nitrogen and oxygen atoms in total. The molecule has 1 aromatic rings. The van der Waals surface area contributed by atoms with Crippen LogP contribution >= 0.6 is 11.6 Å². The van der Waals surface area contributed by atoms with Crippen LogP contribution in [0.5, 0.6) is 0 Å². The first kappa shape index (κ1) is 21.5. The lowest BCUT2D eigenvalue weighted by Gasteiger charge is -2.41. The second-order valence-corrected chi connectivity index (χ2v) is 7.58. The summed E-state index contributed by atoms with van der Waals surface area (Å²) in [6.45, 7) is 0.356. The topological polar surface area (TPSA) is 83.6 Å². The average molecular weight is 407 g/mol. The van der Waals surface area contributed by atoms with E-state index < -0.39 is 42.4 Å². The third kappa shape index (κ3) is 6.70. The third-order valence-electron chi connectivity index (χ3n) is 4.64. The lowest BCUT2D eigenvalue weighted by atomic mass is 9.83. The number of aliphatic carboxylic acids is 1. The maximum absolute atomic E-state index is 12.8. The van der Waals surface area contributed by atoms with E-state index in [1.54, 1.807) is 12.1 Å². The van der Waals surface area contributed by atoms with Gasteiger partial charge >= 0.3 is 12.1 Å². The van der Waals surface area contributed by atoms with E-state index in [0.29, 0.717) is 24.3 Å². The van der Waals surface area contributed by atoms with Gasteiger partial charge in [0.05, 0.1) is 18.8 Å². The van der Waals surface area contributed by atoms with Gasteiger partial charge in [0.25, 0.3) is 0 Å². The molecule has 1 aromatic carbocycles. The van der Waals surface area contributed by atoms with Crippen LogP contribution in [-0.2, 0) is 16.0 Å². The maximum atomic E-state index is 12.8. The Morgan fingerprint density at radius 2 is 1.93 bits per heavy atom. The maximum Gasteiger partial charge on any atom is 0.389 e. The van der Waals surface area contributed by atoms with Crippen LogP contribution in [0.25, 0.3) is 0 Å². The second-order valence-electron chi connectivity index (χ2n) is 7.14. The average Bonchev–Trinajstić information content (AvgIpc) is 2.54. The number of carbonyl (C=O) groups is 2. The molecule has 2 rings (SSSR count). The lowest BCUT2D eigenvalue weighted by Crippen LogP contribution is -2.58. The number of rotatable bonds is 6. The SMILES string of the molecule is NC1(Cc2ccc(Cl)cc2)CCCN(C(=O)C(CC(=O)O)CC(F)(F)F)C1. The number of carbonyl (C=O) groups excluding carboxylic acids is 1. The van der Waals surface area contributed by atoms with Crippen LogP contribution in [0.1, 0.15) is 31.2 Å². The fourth-order valence-electron chi connectivity index (χ4n) is 3.50. The van der Waals surface area contributed by atoms with Gasteiger partial charge in [-0.25, -0.2) is 0 Å². The molecule has 1 heterocycles. The Bertz CT molecular complexity index is 681. The molecule has 150 valence electrons. The molecule has 1 amide bonds. The number of piperidine rings is 1. The van der Waals surface area contributed by atoms with Gasteiger partial charge in [-0.3, -0.25) is 9.59 Å². The highest BCUT2D eigenvalue weighted by atomic mass is 35.5. The Morgan fingerprint density at radius 1 is 1.30 bits per heavy atom. The zero-order valence-electron chi connectivity index (χ0n) is 14.6. The summed E-state index contributed by atoms with van der Waals surface area (Å²) in [4.78, 5) is 24.8. The number of carboxylic acid groups (broad SMARTS) is 1. The van der Waals surface area contributed by atoms with Crippen molar-refractivity contribution in [2.24, 2.45) is 11.7 Å². The number of alkyl halides is 3.